The highest BCUT2D eigenvalue weighted by atomic mass is 16.5. The Hall–Kier alpha value is -2.89. The van der Waals surface area contributed by atoms with Crippen molar-refractivity contribution in [1.29, 1.82) is 0 Å². The van der Waals surface area contributed by atoms with E-state index in [2.05, 4.69) is 4.98 Å². The SMILES string of the molecule is Cc1nc2c(nc1-c1ccccc1)c(OC(C)C)c(C(=O)O)n2C. The number of carboxylic acids is 1. The Labute approximate surface area is 139 Å². The van der Waals surface area contributed by atoms with Crippen molar-refractivity contribution in [2.45, 2.75) is 26.9 Å². The van der Waals surface area contributed by atoms with Gasteiger partial charge in [0.1, 0.15) is 0 Å². The Bertz CT molecular complexity index is 914. The van der Waals surface area contributed by atoms with Crippen LogP contribution in [0.3, 0.4) is 0 Å². The summed E-state index contributed by atoms with van der Waals surface area (Å²) in [4.78, 5) is 20.9. The predicted molar refractivity (Wildman–Crippen MR) is 91.4 cm³/mol. The monoisotopic (exact) mass is 325 g/mol. The molecule has 0 unspecified atom stereocenters. The summed E-state index contributed by atoms with van der Waals surface area (Å²) in [5.74, 6) is -0.799. The van der Waals surface area contributed by atoms with E-state index in [0.717, 1.165) is 17.0 Å². The van der Waals surface area contributed by atoms with Gasteiger partial charge < -0.3 is 14.4 Å². The van der Waals surface area contributed by atoms with E-state index in [1.54, 1.807) is 7.05 Å². The van der Waals surface area contributed by atoms with Gasteiger partial charge >= 0.3 is 5.97 Å². The van der Waals surface area contributed by atoms with Gasteiger partial charge in [-0.2, -0.15) is 0 Å². The zero-order valence-corrected chi connectivity index (χ0v) is 14.1. The molecule has 0 amide bonds. The van der Waals surface area contributed by atoms with Crippen molar-refractivity contribution in [2.75, 3.05) is 0 Å². The summed E-state index contributed by atoms with van der Waals surface area (Å²) in [6.45, 7) is 5.57. The Morgan fingerprint density at radius 3 is 2.46 bits per heavy atom. The summed E-state index contributed by atoms with van der Waals surface area (Å²) < 4.78 is 7.29. The van der Waals surface area contributed by atoms with Gasteiger partial charge in [0.25, 0.3) is 0 Å². The first-order valence-corrected chi connectivity index (χ1v) is 7.72. The second kappa shape index (κ2) is 5.96. The molecule has 1 N–H and O–H groups in total. The normalized spacial score (nSPS) is 11.2. The highest BCUT2D eigenvalue weighted by Gasteiger charge is 2.26. The van der Waals surface area contributed by atoms with Crippen LogP contribution in [-0.4, -0.2) is 31.7 Å². The van der Waals surface area contributed by atoms with Gasteiger partial charge in [-0.3, -0.25) is 0 Å². The Morgan fingerprint density at radius 1 is 1.21 bits per heavy atom. The van der Waals surface area contributed by atoms with Crippen molar-refractivity contribution >= 4 is 17.1 Å². The minimum atomic E-state index is -1.06. The number of carboxylic acid groups (broad SMARTS) is 1. The molecule has 0 aliphatic carbocycles. The van der Waals surface area contributed by atoms with Crippen LogP contribution in [0.2, 0.25) is 0 Å². The molecule has 2 heterocycles. The van der Waals surface area contributed by atoms with Gasteiger partial charge in [-0.1, -0.05) is 30.3 Å². The van der Waals surface area contributed by atoms with E-state index in [4.69, 9.17) is 9.72 Å². The number of hydrogen-bond acceptors (Lipinski definition) is 4. The first-order chi connectivity index (χ1) is 11.4. The largest absolute Gasteiger partial charge is 0.486 e. The van der Waals surface area contributed by atoms with E-state index < -0.39 is 5.97 Å². The number of aryl methyl sites for hydroxylation is 2. The topological polar surface area (TPSA) is 77.2 Å². The molecule has 124 valence electrons. The highest BCUT2D eigenvalue weighted by molar-refractivity contribution is 5.98. The molecule has 1 aromatic carbocycles. The Morgan fingerprint density at radius 2 is 1.88 bits per heavy atom. The molecular weight excluding hydrogens is 306 g/mol. The number of ether oxygens (including phenoxy) is 1. The minimum absolute atomic E-state index is 0.0586. The molecule has 0 saturated carbocycles. The van der Waals surface area contributed by atoms with E-state index in [9.17, 15) is 9.90 Å². The second-order valence-electron chi connectivity index (χ2n) is 5.90. The van der Waals surface area contributed by atoms with Crippen LogP contribution >= 0.6 is 0 Å². The van der Waals surface area contributed by atoms with Crippen molar-refractivity contribution in [3.8, 4) is 17.0 Å². The second-order valence-corrected chi connectivity index (χ2v) is 5.90. The molecule has 0 saturated heterocycles. The molecule has 3 aromatic rings. The molecule has 0 aliphatic rings. The lowest BCUT2D eigenvalue weighted by Gasteiger charge is -2.10. The van der Waals surface area contributed by atoms with Crippen molar-refractivity contribution in [1.82, 2.24) is 14.5 Å². The maximum atomic E-state index is 11.7. The molecule has 2 aromatic heterocycles. The van der Waals surface area contributed by atoms with E-state index in [1.165, 1.54) is 4.57 Å². The van der Waals surface area contributed by atoms with Crippen molar-refractivity contribution in [3.63, 3.8) is 0 Å². The quantitative estimate of drug-likeness (QED) is 0.795. The third-order valence-electron chi connectivity index (χ3n) is 3.74. The molecule has 3 rings (SSSR count). The average Bonchev–Trinajstić information content (AvgIpc) is 2.79. The maximum Gasteiger partial charge on any atom is 0.356 e. The number of aromatic carboxylic acids is 1. The molecule has 0 radical (unpaired) electrons. The van der Waals surface area contributed by atoms with Gasteiger partial charge in [-0.15, -0.1) is 0 Å². The molecule has 0 fully saturated rings. The van der Waals surface area contributed by atoms with Crippen molar-refractivity contribution in [3.05, 3.63) is 41.7 Å². The lowest BCUT2D eigenvalue weighted by atomic mass is 10.1. The molecule has 24 heavy (non-hydrogen) atoms. The standard InChI is InChI=1S/C18H19N3O3/c1-10(2)24-16-14-17(21(4)15(16)18(22)23)19-11(3)13(20-14)12-8-6-5-7-9-12/h5-10H,1-4H3,(H,22,23). The lowest BCUT2D eigenvalue weighted by molar-refractivity contribution is 0.0680. The summed E-state index contributed by atoms with van der Waals surface area (Å²) in [5, 5.41) is 9.56. The number of benzene rings is 1. The van der Waals surface area contributed by atoms with Crippen LogP contribution in [-0.2, 0) is 7.05 Å². The summed E-state index contributed by atoms with van der Waals surface area (Å²) in [6.07, 6.45) is -0.169. The number of rotatable bonds is 4. The number of fused-ring (bicyclic) bond motifs is 1. The maximum absolute atomic E-state index is 11.7. The van der Waals surface area contributed by atoms with E-state index in [1.807, 2.05) is 51.1 Å². The Kier molecular flexibility index (Phi) is 3.97. The van der Waals surface area contributed by atoms with Gasteiger partial charge in [-0.05, 0) is 20.8 Å². The molecule has 6 nitrogen and oxygen atoms in total. The first kappa shape index (κ1) is 16.0. The van der Waals surface area contributed by atoms with Crippen LogP contribution in [0.1, 0.15) is 30.0 Å². The fraction of sp³-hybridized carbons (Fsp3) is 0.278. The smallest absolute Gasteiger partial charge is 0.356 e. The van der Waals surface area contributed by atoms with E-state index in [0.29, 0.717) is 11.2 Å². The van der Waals surface area contributed by atoms with Crippen LogP contribution in [0.15, 0.2) is 30.3 Å². The predicted octanol–water partition coefficient (Wildman–Crippen LogP) is 3.43. The van der Waals surface area contributed by atoms with Gasteiger partial charge in [0.15, 0.2) is 22.6 Å². The van der Waals surface area contributed by atoms with Crippen LogP contribution in [0.5, 0.6) is 5.75 Å². The number of hydrogen-bond donors (Lipinski definition) is 1. The Balaban J connectivity index is 2.33. The number of aromatic nitrogens is 3. The van der Waals surface area contributed by atoms with Crippen LogP contribution in [0.25, 0.3) is 22.4 Å². The van der Waals surface area contributed by atoms with Gasteiger partial charge in [-0.25, -0.2) is 14.8 Å². The average molecular weight is 325 g/mol. The summed E-state index contributed by atoms with van der Waals surface area (Å²) in [6, 6.07) is 9.70. The molecule has 0 bridgehead atoms. The first-order valence-electron chi connectivity index (χ1n) is 7.72. The van der Waals surface area contributed by atoms with E-state index in [-0.39, 0.29) is 17.5 Å². The number of nitrogens with zero attached hydrogens (tertiary/aromatic N) is 3. The third-order valence-corrected chi connectivity index (χ3v) is 3.74. The lowest BCUT2D eigenvalue weighted by Crippen LogP contribution is -2.11. The third kappa shape index (κ3) is 2.60. The highest BCUT2D eigenvalue weighted by Crippen LogP contribution is 2.33. The van der Waals surface area contributed by atoms with Gasteiger partial charge in [0.2, 0.25) is 0 Å². The molecule has 6 heteroatoms. The number of carbonyl (C=O) groups is 1. The fourth-order valence-corrected chi connectivity index (χ4v) is 2.72. The van der Waals surface area contributed by atoms with Crippen LogP contribution in [0, 0.1) is 6.92 Å². The molecule has 0 atom stereocenters. The molecule has 0 spiro atoms. The molecular formula is C18H19N3O3. The molecule has 0 aliphatic heterocycles. The van der Waals surface area contributed by atoms with Crippen LogP contribution < -0.4 is 4.74 Å². The van der Waals surface area contributed by atoms with Crippen molar-refractivity contribution in [2.24, 2.45) is 7.05 Å². The summed E-state index contributed by atoms with van der Waals surface area (Å²) in [7, 11) is 1.66. The minimum Gasteiger partial charge on any atom is -0.486 e. The van der Waals surface area contributed by atoms with Crippen molar-refractivity contribution < 1.29 is 14.6 Å². The summed E-state index contributed by atoms with van der Waals surface area (Å²) >= 11 is 0. The fourth-order valence-electron chi connectivity index (χ4n) is 2.72. The van der Waals surface area contributed by atoms with Gasteiger partial charge in [0, 0.05) is 12.6 Å². The van der Waals surface area contributed by atoms with Gasteiger partial charge in [0.05, 0.1) is 17.5 Å². The van der Waals surface area contributed by atoms with E-state index >= 15 is 0 Å². The van der Waals surface area contributed by atoms with Crippen LogP contribution in [0.4, 0.5) is 0 Å². The zero-order valence-electron chi connectivity index (χ0n) is 14.1. The zero-order chi connectivity index (χ0) is 17.4. The summed E-state index contributed by atoms with van der Waals surface area (Å²) in [5.41, 5.74) is 3.42.